The van der Waals surface area contributed by atoms with Crippen molar-refractivity contribution in [3.05, 3.63) is 34.5 Å². The second-order valence-electron chi connectivity index (χ2n) is 3.94. The van der Waals surface area contributed by atoms with Gasteiger partial charge in [-0.1, -0.05) is 12.1 Å². The zero-order chi connectivity index (χ0) is 9.60. The molecule has 0 amide bonds. The topological polar surface area (TPSA) is 21.3 Å². The van der Waals surface area contributed by atoms with Gasteiger partial charge in [0, 0.05) is 17.9 Å². The van der Waals surface area contributed by atoms with Crippen LogP contribution < -0.4 is 5.32 Å². The minimum absolute atomic E-state index is 0.0795. The van der Waals surface area contributed by atoms with E-state index >= 15 is 0 Å². The van der Waals surface area contributed by atoms with Crippen molar-refractivity contribution >= 4 is 11.3 Å². The quantitative estimate of drug-likeness (QED) is 0.750. The van der Waals surface area contributed by atoms with Gasteiger partial charge in [-0.15, -0.1) is 11.3 Å². The molecule has 1 aromatic rings. The summed E-state index contributed by atoms with van der Waals surface area (Å²) in [6.45, 7) is 0. The van der Waals surface area contributed by atoms with Crippen LogP contribution in [0.5, 0.6) is 0 Å². The third kappa shape index (κ3) is 1.10. The minimum atomic E-state index is 0.0795. The van der Waals surface area contributed by atoms with Gasteiger partial charge in [-0.05, 0) is 23.9 Å². The molecule has 2 nitrogen and oxygen atoms in total. The van der Waals surface area contributed by atoms with Crippen LogP contribution in [0.1, 0.15) is 11.3 Å². The van der Waals surface area contributed by atoms with E-state index in [9.17, 15) is 0 Å². The Morgan fingerprint density at radius 1 is 1.57 bits per heavy atom. The Hall–Kier alpha value is -0.640. The highest BCUT2D eigenvalue weighted by Gasteiger charge is 2.57. The molecular weight excluding hydrogens is 194 g/mol. The number of methoxy groups -OCH3 is 1. The Morgan fingerprint density at radius 2 is 2.50 bits per heavy atom. The molecule has 3 rings (SSSR count). The fourth-order valence-electron chi connectivity index (χ4n) is 2.25. The lowest BCUT2D eigenvalue weighted by Gasteiger charge is -2.25. The van der Waals surface area contributed by atoms with Gasteiger partial charge in [0.2, 0.25) is 0 Å². The molecule has 0 radical (unpaired) electrons. The fourth-order valence-corrected chi connectivity index (χ4v) is 3.21. The molecule has 3 atom stereocenters. The average Bonchev–Trinajstić information content (AvgIpc) is 2.70. The van der Waals surface area contributed by atoms with E-state index in [0.29, 0.717) is 5.92 Å². The van der Waals surface area contributed by atoms with Gasteiger partial charge >= 0.3 is 0 Å². The Bertz CT molecular complexity index is 359. The van der Waals surface area contributed by atoms with Gasteiger partial charge in [-0.3, -0.25) is 5.32 Å². The standard InChI is InChI=1S/C11H13NOS/c1-13-10-5-4-8-7-11(8,12-10)9-3-2-6-14-9/h2-6,8,10,12H,7H2,1H3. The summed E-state index contributed by atoms with van der Waals surface area (Å²) in [6, 6.07) is 4.33. The molecule has 1 aliphatic heterocycles. The lowest BCUT2D eigenvalue weighted by atomic mass is 10.1. The molecule has 74 valence electrons. The van der Waals surface area contributed by atoms with Gasteiger partial charge in [0.15, 0.2) is 0 Å². The van der Waals surface area contributed by atoms with Crippen molar-refractivity contribution in [3.63, 3.8) is 0 Å². The highest BCUT2D eigenvalue weighted by molar-refractivity contribution is 7.10. The van der Waals surface area contributed by atoms with Crippen LogP contribution in [0.25, 0.3) is 0 Å². The van der Waals surface area contributed by atoms with Crippen molar-refractivity contribution in [2.45, 2.75) is 18.2 Å². The molecule has 2 heterocycles. The molecule has 0 aromatic carbocycles. The van der Waals surface area contributed by atoms with E-state index in [1.165, 1.54) is 11.3 Å². The van der Waals surface area contributed by atoms with Crippen LogP contribution in [0.3, 0.4) is 0 Å². The molecule has 1 aromatic heterocycles. The highest BCUT2D eigenvalue weighted by atomic mass is 32.1. The number of fused-ring (bicyclic) bond motifs is 1. The Morgan fingerprint density at radius 3 is 3.21 bits per heavy atom. The summed E-state index contributed by atoms with van der Waals surface area (Å²) < 4.78 is 5.32. The molecule has 2 aliphatic rings. The van der Waals surface area contributed by atoms with Gasteiger partial charge < -0.3 is 4.74 Å². The molecule has 0 bridgehead atoms. The van der Waals surface area contributed by atoms with Crippen LogP contribution in [0.2, 0.25) is 0 Å². The van der Waals surface area contributed by atoms with Gasteiger partial charge in [0.25, 0.3) is 0 Å². The summed E-state index contributed by atoms with van der Waals surface area (Å²) in [6.07, 6.45) is 5.69. The summed E-state index contributed by atoms with van der Waals surface area (Å²) in [4.78, 5) is 1.44. The summed E-state index contributed by atoms with van der Waals surface area (Å²) in [5.41, 5.74) is 0.198. The molecule has 3 unspecified atom stereocenters. The van der Waals surface area contributed by atoms with Crippen LogP contribution in [-0.4, -0.2) is 13.3 Å². The Labute approximate surface area is 87.6 Å². The first kappa shape index (κ1) is 8.65. The van der Waals surface area contributed by atoms with Crippen molar-refractivity contribution in [2.24, 2.45) is 5.92 Å². The fraction of sp³-hybridized carbons (Fsp3) is 0.455. The van der Waals surface area contributed by atoms with E-state index < -0.39 is 0 Å². The van der Waals surface area contributed by atoms with Crippen LogP contribution in [0.4, 0.5) is 0 Å². The van der Waals surface area contributed by atoms with Gasteiger partial charge in [0.1, 0.15) is 6.23 Å². The monoisotopic (exact) mass is 207 g/mol. The first-order chi connectivity index (χ1) is 6.85. The Balaban J connectivity index is 1.91. The van der Waals surface area contributed by atoms with Crippen molar-refractivity contribution in [3.8, 4) is 0 Å². The summed E-state index contributed by atoms with van der Waals surface area (Å²) in [5, 5.41) is 5.70. The van der Waals surface area contributed by atoms with E-state index in [4.69, 9.17) is 4.74 Å². The zero-order valence-corrected chi connectivity index (χ0v) is 8.88. The van der Waals surface area contributed by atoms with Crippen LogP contribution in [0.15, 0.2) is 29.7 Å². The molecule has 1 aliphatic carbocycles. The van der Waals surface area contributed by atoms with E-state index in [1.54, 1.807) is 7.11 Å². The maximum Gasteiger partial charge on any atom is 0.127 e. The normalized spacial score (nSPS) is 39.5. The summed E-state index contributed by atoms with van der Waals surface area (Å²) >= 11 is 1.83. The zero-order valence-electron chi connectivity index (χ0n) is 8.07. The van der Waals surface area contributed by atoms with E-state index in [-0.39, 0.29) is 11.8 Å². The number of hydrogen-bond acceptors (Lipinski definition) is 3. The van der Waals surface area contributed by atoms with Crippen LogP contribution >= 0.6 is 11.3 Å². The molecule has 3 heteroatoms. The van der Waals surface area contributed by atoms with Gasteiger partial charge in [-0.2, -0.15) is 0 Å². The minimum Gasteiger partial charge on any atom is -0.363 e. The maximum absolute atomic E-state index is 5.32. The third-order valence-corrected chi connectivity index (χ3v) is 4.20. The SMILES string of the molecule is COC1C=CC2CC2(c2cccs2)N1. The van der Waals surface area contributed by atoms with Crippen molar-refractivity contribution in [2.75, 3.05) is 7.11 Å². The van der Waals surface area contributed by atoms with Gasteiger partial charge in [0.05, 0.1) is 5.54 Å². The number of nitrogens with one attached hydrogen (secondary N) is 1. The molecular formula is C11H13NOS. The molecule has 1 N–H and O–H groups in total. The Kier molecular flexibility index (Phi) is 1.81. The summed E-state index contributed by atoms with van der Waals surface area (Å²) in [5.74, 6) is 0.674. The lowest BCUT2D eigenvalue weighted by molar-refractivity contribution is 0.0909. The second-order valence-corrected chi connectivity index (χ2v) is 4.89. The first-order valence-electron chi connectivity index (χ1n) is 4.88. The molecule has 1 fully saturated rings. The van der Waals surface area contributed by atoms with Crippen molar-refractivity contribution < 1.29 is 4.74 Å². The molecule has 0 saturated heterocycles. The predicted octanol–water partition coefficient (Wildman–Crippen LogP) is 2.10. The maximum atomic E-state index is 5.32. The lowest BCUT2D eigenvalue weighted by Crippen LogP contribution is -2.41. The first-order valence-corrected chi connectivity index (χ1v) is 5.76. The third-order valence-electron chi connectivity index (χ3n) is 3.15. The largest absolute Gasteiger partial charge is 0.363 e. The van der Waals surface area contributed by atoms with Crippen molar-refractivity contribution in [1.82, 2.24) is 5.32 Å². The van der Waals surface area contributed by atoms with Crippen LogP contribution in [0, 0.1) is 5.92 Å². The highest BCUT2D eigenvalue weighted by Crippen LogP contribution is 2.56. The second kappa shape index (κ2) is 2.92. The molecule has 14 heavy (non-hydrogen) atoms. The molecule has 0 spiro atoms. The van der Waals surface area contributed by atoms with Gasteiger partial charge in [-0.25, -0.2) is 0 Å². The molecule has 1 saturated carbocycles. The van der Waals surface area contributed by atoms with E-state index in [1.807, 2.05) is 11.3 Å². The smallest absolute Gasteiger partial charge is 0.127 e. The number of thiophene rings is 1. The number of rotatable bonds is 2. The summed E-state index contributed by atoms with van der Waals surface area (Å²) in [7, 11) is 1.74. The number of ether oxygens (including phenoxy) is 1. The predicted molar refractivity (Wildman–Crippen MR) is 57.2 cm³/mol. The van der Waals surface area contributed by atoms with E-state index in [2.05, 4.69) is 35.0 Å². The van der Waals surface area contributed by atoms with E-state index in [0.717, 1.165) is 0 Å². The average molecular weight is 207 g/mol. The van der Waals surface area contributed by atoms with Crippen LogP contribution in [-0.2, 0) is 10.3 Å². The van der Waals surface area contributed by atoms with Crippen molar-refractivity contribution in [1.29, 1.82) is 0 Å². The number of hydrogen-bond donors (Lipinski definition) is 1.